The molecule has 106 valence electrons. The number of rotatable bonds is 4. The minimum absolute atomic E-state index is 0. The van der Waals surface area contributed by atoms with Gasteiger partial charge >= 0.3 is 29.6 Å². The Hall–Kier alpha value is -1.72. The Morgan fingerprint density at radius 1 is 1.45 bits per heavy atom. The molecule has 0 aliphatic rings. The molecule has 2 aromatic heterocycles. The molecular formula is C14H10N3NaO3S. The van der Waals surface area contributed by atoms with Crippen molar-refractivity contribution in [3.8, 4) is 17.6 Å². The summed E-state index contributed by atoms with van der Waals surface area (Å²) in [6.07, 6.45) is 1.38. The van der Waals surface area contributed by atoms with E-state index < -0.39 is 10.6 Å². The monoisotopic (exact) mass is 323 g/mol. The van der Waals surface area contributed by atoms with Gasteiger partial charge in [-0.2, -0.15) is 5.26 Å². The number of pyridine rings is 2. The summed E-state index contributed by atoms with van der Waals surface area (Å²) < 4.78 is 6.29. The molecular weight excluding hydrogens is 313 g/mol. The third-order valence-corrected chi connectivity index (χ3v) is 2.87. The van der Waals surface area contributed by atoms with Crippen LogP contribution in [0.3, 0.4) is 0 Å². The van der Waals surface area contributed by atoms with Gasteiger partial charge in [-0.05, 0) is 24.1 Å². The van der Waals surface area contributed by atoms with Crippen LogP contribution >= 0.6 is 12.2 Å². The molecule has 0 unspecified atom stereocenters. The molecule has 2 heterocycles. The molecule has 22 heavy (non-hydrogen) atoms. The van der Waals surface area contributed by atoms with E-state index in [1.807, 2.05) is 13.0 Å². The van der Waals surface area contributed by atoms with Gasteiger partial charge in [0.2, 0.25) is 5.88 Å². The minimum atomic E-state index is -0.780. The van der Waals surface area contributed by atoms with Crippen molar-refractivity contribution in [1.82, 2.24) is 9.55 Å². The van der Waals surface area contributed by atoms with Crippen LogP contribution in [-0.4, -0.2) is 21.2 Å². The Bertz CT molecular complexity index is 781. The van der Waals surface area contributed by atoms with Gasteiger partial charge in [0.15, 0.2) is 0 Å². The van der Waals surface area contributed by atoms with Gasteiger partial charge in [-0.15, -0.1) is 0 Å². The van der Waals surface area contributed by atoms with Crippen LogP contribution < -0.4 is 45.0 Å². The maximum absolute atomic E-state index is 12.0. The third kappa shape index (κ3) is 3.72. The van der Waals surface area contributed by atoms with Crippen LogP contribution in [0.1, 0.15) is 18.2 Å². The topological polar surface area (TPSA) is 91.0 Å². The van der Waals surface area contributed by atoms with E-state index in [4.69, 9.17) is 10.00 Å². The maximum atomic E-state index is 12.0. The molecule has 0 bridgehead atoms. The average molecular weight is 323 g/mol. The van der Waals surface area contributed by atoms with E-state index in [9.17, 15) is 9.90 Å². The van der Waals surface area contributed by atoms with Crippen LogP contribution in [-0.2, 0) is 0 Å². The third-order valence-electron chi connectivity index (χ3n) is 2.68. The van der Waals surface area contributed by atoms with E-state index in [1.165, 1.54) is 18.3 Å². The summed E-state index contributed by atoms with van der Waals surface area (Å²) in [4.78, 5) is 16.1. The quantitative estimate of drug-likeness (QED) is 0.458. The van der Waals surface area contributed by atoms with Crippen LogP contribution in [0.15, 0.2) is 35.3 Å². The number of aromatic nitrogens is 2. The Labute approximate surface area is 154 Å². The summed E-state index contributed by atoms with van der Waals surface area (Å²) in [5, 5.41) is 19.9. The molecule has 8 heteroatoms. The van der Waals surface area contributed by atoms with Crippen LogP contribution in [0, 0.1) is 11.3 Å². The van der Waals surface area contributed by atoms with Crippen LogP contribution in [0.5, 0.6) is 5.88 Å². The van der Waals surface area contributed by atoms with Crippen molar-refractivity contribution < 1.29 is 39.4 Å². The van der Waals surface area contributed by atoms with Crippen molar-refractivity contribution in [2.45, 2.75) is 6.92 Å². The minimum Gasteiger partial charge on any atom is -0.863 e. The summed E-state index contributed by atoms with van der Waals surface area (Å²) in [6, 6.07) is 7.48. The van der Waals surface area contributed by atoms with Crippen LogP contribution in [0.4, 0.5) is 0 Å². The molecule has 0 N–H and O–H groups in total. The molecule has 0 atom stereocenters. The molecule has 0 saturated carbocycles. The van der Waals surface area contributed by atoms with Crippen molar-refractivity contribution in [2.24, 2.45) is 0 Å². The summed E-state index contributed by atoms with van der Waals surface area (Å²) in [6.45, 7) is 2.29. The molecule has 0 aromatic carbocycles. The van der Waals surface area contributed by atoms with Gasteiger partial charge in [0.25, 0.3) is 5.56 Å². The zero-order valence-corrected chi connectivity index (χ0v) is 14.9. The van der Waals surface area contributed by atoms with E-state index in [0.29, 0.717) is 18.2 Å². The second-order valence-electron chi connectivity index (χ2n) is 3.96. The van der Waals surface area contributed by atoms with E-state index in [0.717, 1.165) is 4.57 Å². The number of thiocarbonyl (C=S) groups is 1. The first-order valence-electron chi connectivity index (χ1n) is 6.05. The van der Waals surface area contributed by atoms with Crippen molar-refractivity contribution in [3.63, 3.8) is 0 Å². The van der Waals surface area contributed by atoms with Crippen LogP contribution in [0.2, 0.25) is 0 Å². The fraction of sp³-hybridized carbons (Fsp3) is 0.143. The Morgan fingerprint density at radius 2 is 2.18 bits per heavy atom. The molecule has 0 aliphatic heterocycles. The molecule has 6 nitrogen and oxygen atoms in total. The van der Waals surface area contributed by atoms with Crippen molar-refractivity contribution in [1.29, 1.82) is 5.26 Å². The van der Waals surface area contributed by atoms with Crippen molar-refractivity contribution in [3.05, 3.63) is 52.1 Å². The summed E-state index contributed by atoms with van der Waals surface area (Å²) in [5.74, 6) is 0.400. The number of ether oxygens (including phenoxy) is 1. The standard InChI is InChI=1S/C14H11N3O3S.Na/c1-2-20-11-5-4-10(8-16-11)17-12(18)6-3-9(7-15)13(17)14(19)21;/h3-6,8H,2H2,1H3,(H,19,21);/q;+1/p-1. The van der Waals surface area contributed by atoms with Crippen molar-refractivity contribution >= 4 is 17.3 Å². The Kier molecular flexibility index (Phi) is 6.71. The Balaban J connectivity index is 0.00000242. The normalized spacial score (nSPS) is 9.45. The molecule has 0 spiro atoms. The first-order chi connectivity index (χ1) is 10.1. The largest absolute Gasteiger partial charge is 1.00 e. The summed E-state index contributed by atoms with van der Waals surface area (Å²) in [5.41, 5.74) is -0.212. The molecule has 2 aromatic rings. The van der Waals surface area contributed by atoms with Gasteiger partial charge in [0.05, 0.1) is 29.7 Å². The van der Waals surface area contributed by atoms with Gasteiger partial charge in [0.1, 0.15) is 6.07 Å². The summed E-state index contributed by atoms with van der Waals surface area (Å²) in [7, 11) is 0. The number of hydrogen-bond donors (Lipinski definition) is 0. The molecule has 0 radical (unpaired) electrons. The van der Waals surface area contributed by atoms with E-state index in [-0.39, 0.29) is 40.8 Å². The molecule has 2 rings (SSSR count). The number of hydrogen-bond acceptors (Lipinski definition) is 6. The number of nitriles is 1. The van der Waals surface area contributed by atoms with Gasteiger partial charge in [0, 0.05) is 12.1 Å². The van der Waals surface area contributed by atoms with Gasteiger partial charge in [-0.3, -0.25) is 9.36 Å². The number of nitrogens with zero attached hydrogens (tertiary/aromatic N) is 3. The van der Waals surface area contributed by atoms with E-state index in [2.05, 4.69) is 17.2 Å². The molecule has 0 fully saturated rings. The second kappa shape index (κ2) is 8.06. The van der Waals surface area contributed by atoms with Crippen molar-refractivity contribution in [2.75, 3.05) is 6.61 Å². The SMILES string of the molecule is CCOc1ccc(-n2c(C([O-])=S)c(C#N)ccc2=O)cn1.[Na+]. The molecule has 0 aliphatic carbocycles. The fourth-order valence-electron chi connectivity index (χ4n) is 1.82. The predicted octanol–water partition coefficient (Wildman–Crippen LogP) is -2.46. The zero-order chi connectivity index (χ0) is 15.4. The Morgan fingerprint density at radius 3 is 2.68 bits per heavy atom. The average Bonchev–Trinajstić information content (AvgIpc) is 2.48. The maximum Gasteiger partial charge on any atom is 1.00 e. The molecule has 0 saturated heterocycles. The smallest absolute Gasteiger partial charge is 0.863 e. The van der Waals surface area contributed by atoms with Gasteiger partial charge in [-0.1, -0.05) is 12.2 Å². The summed E-state index contributed by atoms with van der Waals surface area (Å²) >= 11 is 4.62. The zero-order valence-electron chi connectivity index (χ0n) is 12.1. The van der Waals surface area contributed by atoms with Gasteiger partial charge < -0.3 is 9.84 Å². The molecule has 0 amide bonds. The second-order valence-corrected chi connectivity index (χ2v) is 4.33. The first kappa shape index (κ1) is 18.3. The predicted molar refractivity (Wildman–Crippen MR) is 77.4 cm³/mol. The van der Waals surface area contributed by atoms with E-state index in [1.54, 1.807) is 12.1 Å². The van der Waals surface area contributed by atoms with Gasteiger partial charge in [-0.25, -0.2) is 4.98 Å². The first-order valence-corrected chi connectivity index (χ1v) is 6.46. The van der Waals surface area contributed by atoms with E-state index >= 15 is 0 Å². The fourth-order valence-corrected chi connectivity index (χ4v) is 2.03. The van der Waals surface area contributed by atoms with Crippen LogP contribution in [0.25, 0.3) is 5.69 Å².